The van der Waals surface area contributed by atoms with Gasteiger partial charge in [0, 0.05) is 0 Å². The van der Waals surface area contributed by atoms with Crippen molar-refractivity contribution in [2.45, 2.75) is 6.11 Å². The Kier molecular flexibility index (Phi) is 2.63. The summed E-state index contributed by atoms with van der Waals surface area (Å²) in [5, 5.41) is 0. The molecule has 0 spiro atoms. The lowest BCUT2D eigenvalue weighted by Crippen LogP contribution is -2.26. The minimum Gasteiger partial charge on any atom is -0.263 e. The van der Waals surface area contributed by atoms with Crippen molar-refractivity contribution in [2.75, 3.05) is 6.67 Å². The van der Waals surface area contributed by atoms with Gasteiger partial charge in [-0.05, 0) is 0 Å². The zero-order valence-electron chi connectivity index (χ0n) is 4.42. The topological polar surface area (TPSA) is 63.6 Å². The van der Waals surface area contributed by atoms with Crippen molar-refractivity contribution in [2.24, 2.45) is 0 Å². The minimum absolute atomic E-state index is 2.31. The lowest BCUT2D eigenvalue weighted by Gasteiger charge is -2.07. The highest BCUT2D eigenvalue weighted by Crippen LogP contribution is 2.17. The fraction of sp³-hybridized carbons (Fsp3) is 1.00. The SMILES string of the molecule is O=S(=O)(O)OC(F)(F)CF. The Hall–Kier alpha value is -0.340. The second-order valence-corrected chi connectivity index (χ2v) is 2.30. The van der Waals surface area contributed by atoms with E-state index in [0.29, 0.717) is 0 Å². The van der Waals surface area contributed by atoms with Crippen molar-refractivity contribution in [1.82, 2.24) is 0 Å². The molecule has 0 heterocycles. The minimum atomic E-state index is -5.28. The van der Waals surface area contributed by atoms with E-state index >= 15 is 0 Å². The van der Waals surface area contributed by atoms with Crippen LogP contribution in [0.4, 0.5) is 13.2 Å². The molecule has 0 saturated carbocycles. The van der Waals surface area contributed by atoms with Gasteiger partial charge in [-0.3, -0.25) is 4.55 Å². The maximum Gasteiger partial charge on any atom is 0.402 e. The number of hydrogen-bond acceptors (Lipinski definition) is 3. The lowest BCUT2D eigenvalue weighted by atomic mass is 10.7. The number of alkyl halides is 3. The van der Waals surface area contributed by atoms with Crippen LogP contribution in [0.25, 0.3) is 0 Å². The van der Waals surface area contributed by atoms with E-state index in [1.807, 2.05) is 0 Å². The maximum absolute atomic E-state index is 11.5. The van der Waals surface area contributed by atoms with Gasteiger partial charge in [-0.1, -0.05) is 0 Å². The predicted octanol–water partition coefficient (Wildman–Crippen LogP) is 0.368. The van der Waals surface area contributed by atoms with Crippen LogP contribution in [-0.2, 0) is 14.6 Å². The molecule has 0 aliphatic heterocycles. The molecule has 0 aliphatic rings. The smallest absolute Gasteiger partial charge is 0.263 e. The zero-order chi connectivity index (χ0) is 8.41. The number of halogens is 3. The molecule has 0 atom stereocenters. The van der Waals surface area contributed by atoms with E-state index in [4.69, 9.17) is 4.55 Å². The number of rotatable bonds is 3. The molecule has 10 heavy (non-hydrogen) atoms. The van der Waals surface area contributed by atoms with Crippen LogP contribution in [0, 0.1) is 0 Å². The fourth-order valence-corrected chi connectivity index (χ4v) is 0.529. The van der Waals surface area contributed by atoms with Gasteiger partial charge in [0.15, 0.2) is 6.67 Å². The molecule has 0 aliphatic carbocycles. The standard InChI is InChI=1S/C2H3F3O4S/c3-1-2(4,5)9-10(6,7)8/h1H2,(H,6,7,8). The second-order valence-electron chi connectivity index (χ2n) is 1.28. The Morgan fingerprint density at radius 2 is 1.90 bits per heavy atom. The molecular weight excluding hydrogens is 177 g/mol. The molecule has 0 aromatic rings. The van der Waals surface area contributed by atoms with Crippen molar-refractivity contribution in [1.29, 1.82) is 0 Å². The van der Waals surface area contributed by atoms with Gasteiger partial charge in [-0.15, -0.1) is 0 Å². The van der Waals surface area contributed by atoms with Crippen molar-refractivity contribution in [3.63, 3.8) is 0 Å². The van der Waals surface area contributed by atoms with E-state index in [1.165, 1.54) is 0 Å². The van der Waals surface area contributed by atoms with Crippen LogP contribution in [0.15, 0.2) is 0 Å². The molecule has 0 unspecified atom stereocenters. The van der Waals surface area contributed by atoms with E-state index in [0.717, 1.165) is 0 Å². The zero-order valence-corrected chi connectivity index (χ0v) is 5.24. The summed E-state index contributed by atoms with van der Waals surface area (Å²) < 4.78 is 63.2. The summed E-state index contributed by atoms with van der Waals surface area (Å²) >= 11 is 0. The van der Waals surface area contributed by atoms with Crippen molar-refractivity contribution < 1.29 is 30.3 Å². The third kappa shape index (κ3) is 4.53. The highest BCUT2D eigenvalue weighted by atomic mass is 32.3. The molecule has 0 aromatic heterocycles. The van der Waals surface area contributed by atoms with Crippen LogP contribution in [0.1, 0.15) is 0 Å². The fourth-order valence-electron chi connectivity index (χ4n) is 0.176. The first-order valence-electron chi connectivity index (χ1n) is 1.89. The third-order valence-corrected chi connectivity index (χ3v) is 0.837. The van der Waals surface area contributed by atoms with Gasteiger partial charge >= 0.3 is 16.5 Å². The molecule has 0 radical (unpaired) electrons. The first-order chi connectivity index (χ1) is 4.27. The molecule has 0 amide bonds. The molecule has 0 aromatic carbocycles. The van der Waals surface area contributed by atoms with Gasteiger partial charge in [0.05, 0.1) is 0 Å². The first-order valence-corrected chi connectivity index (χ1v) is 3.25. The van der Waals surface area contributed by atoms with Crippen LogP contribution in [-0.4, -0.2) is 25.8 Å². The quantitative estimate of drug-likeness (QED) is 0.637. The predicted molar refractivity (Wildman–Crippen MR) is 23.6 cm³/mol. The Balaban J connectivity index is 4.16. The van der Waals surface area contributed by atoms with Gasteiger partial charge in [0.25, 0.3) is 0 Å². The first kappa shape index (κ1) is 9.66. The number of hydrogen-bond donors (Lipinski definition) is 1. The highest BCUT2D eigenvalue weighted by Gasteiger charge is 2.35. The van der Waals surface area contributed by atoms with E-state index < -0.39 is 23.2 Å². The van der Waals surface area contributed by atoms with Gasteiger partial charge in [-0.25, -0.2) is 4.39 Å². The Morgan fingerprint density at radius 1 is 1.50 bits per heavy atom. The summed E-state index contributed by atoms with van der Waals surface area (Å²) in [7, 11) is -5.28. The second kappa shape index (κ2) is 2.72. The Bertz CT molecular complexity index is 197. The molecule has 1 N–H and O–H groups in total. The van der Waals surface area contributed by atoms with Crippen LogP contribution >= 0.6 is 0 Å². The summed E-state index contributed by atoms with van der Waals surface area (Å²) in [5.74, 6) is 0. The van der Waals surface area contributed by atoms with Crippen LogP contribution in [0.5, 0.6) is 0 Å². The Labute approximate surface area is 54.6 Å². The molecule has 8 heteroatoms. The van der Waals surface area contributed by atoms with Gasteiger partial charge in [0.2, 0.25) is 0 Å². The average molecular weight is 180 g/mol. The maximum atomic E-state index is 11.5. The molecule has 0 fully saturated rings. The summed E-state index contributed by atoms with van der Waals surface area (Å²) in [6, 6.07) is 0. The van der Waals surface area contributed by atoms with Gasteiger partial charge in [-0.2, -0.15) is 21.4 Å². The van der Waals surface area contributed by atoms with Crippen molar-refractivity contribution in [3.05, 3.63) is 0 Å². The molecular formula is C2H3F3O4S. The van der Waals surface area contributed by atoms with Gasteiger partial charge < -0.3 is 0 Å². The normalized spacial score (nSPS) is 13.6. The molecule has 62 valence electrons. The summed E-state index contributed by atoms with van der Waals surface area (Å²) in [5.41, 5.74) is 0. The van der Waals surface area contributed by atoms with Crippen LogP contribution in [0.3, 0.4) is 0 Å². The van der Waals surface area contributed by atoms with Crippen LogP contribution in [0.2, 0.25) is 0 Å². The largest absolute Gasteiger partial charge is 0.402 e. The van der Waals surface area contributed by atoms with Gasteiger partial charge in [0.1, 0.15) is 0 Å². The monoisotopic (exact) mass is 180 g/mol. The summed E-state index contributed by atoms with van der Waals surface area (Å²) in [6.07, 6.45) is -4.48. The molecule has 0 rings (SSSR count). The lowest BCUT2D eigenvalue weighted by molar-refractivity contribution is -0.186. The highest BCUT2D eigenvalue weighted by molar-refractivity contribution is 7.80. The van der Waals surface area contributed by atoms with E-state index in [-0.39, 0.29) is 0 Å². The summed E-state index contributed by atoms with van der Waals surface area (Å²) in [4.78, 5) is 0. The third-order valence-electron chi connectivity index (χ3n) is 0.383. The van der Waals surface area contributed by atoms with Crippen LogP contribution < -0.4 is 0 Å². The van der Waals surface area contributed by atoms with E-state index in [1.54, 1.807) is 0 Å². The molecule has 0 bridgehead atoms. The van der Waals surface area contributed by atoms with Crippen molar-refractivity contribution in [3.8, 4) is 0 Å². The molecule has 4 nitrogen and oxygen atoms in total. The van der Waals surface area contributed by atoms with E-state index in [9.17, 15) is 21.6 Å². The molecule has 0 saturated heterocycles. The average Bonchev–Trinajstić information content (AvgIpc) is 1.60. The van der Waals surface area contributed by atoms with E-state index in [2.05, 4.69) is 4.18 Å². The van der Waals surface area contributed by atoms with Crippen molar-refractivity contribution >= 4 is 10.4 Å². The summed E-state index contributed by atoms with van der Waals surface area (Å²) in [6.45, 7) is -2.31. The Morgan fingerprint density at radius 3 is 2.00 bits per heavy atom.